The van der Waals surface area contributed by atoms with Crippen molar-refractivity contribution in [3.05, 3.63) is 89.0 Å². The molecule has 0 bridgehead atoms. The number of methoxy groups -OCH3 is 1. The number of rotatable bonds is 6. The van der Waals surface area contributed by atoms with E-state index in [2.05, 4.69) is 13.8 Å². The number of carbonyl (C=O) groups is 1. The van der Waals surface area contributed by atoms with Crippen molar-refractivity contribution >= 4 is 5.91 Å². The summed E-state index contributed by atoms with van der Waals surface area (Å²) in [6.07, 6.45) is -3.35. The number of ether oxygens (including phenoxy) is 1. The van der Waals surface area contributed by atoms with Crippen LogP contribution in [0.3, 0.4) is 0 Å². The highest BCUT2D eigenvalue weighted by Crippen LogP contribution is 2.39. The van der Waals surface area contributed by atoms with Gasteiger partial charge in [0.05, 0.1) is 12.7 Å². The Morgan fingerprint density at radius 1 is 1.00 bits per heavy atom. The highest BCUT2D eigenvalue weighted by molar-refractivity contribution is 5.79. The van der Waals surface area contributed by atoms with E-state index in [1.54, 1.807) is 12.0 Å². The number of likely N-dealkylation sites (tertiary alicyclic amines) is 1. The molecule has 1 heterocycles. The lowest BCUT2D eigenvalue weighted by atomic mass is 9.88. The van der Waals surface area contributed by atoms with Gasteiger partial charge in [-0.15, -0.1) is 0 Å². The van der Waals surface area contributed by atoms with Crippen molar-refractivity contribution < 1.29 is 22.7 Å². The van der Waals surface area contributed by atoms with E-state index in [0.29, 0.717) is 29.8 Å². The van der Waals surface area contributed by atoms with Crippen molar-refractivity contribution in [1.82, 2.24) is 4.90 Å². The van der Waals surface area contributed by atoms with E-state index in [1.807, 2.05) is 48.5 Å². The maximum absolute atomic E-state index is 13.6. The second kappa shape index (κ2) is 10.1. The number of alkyl halides is 3. The minimum Gasteiger partial charge on any atom is -0.496 e. The van der Waals surface area contributed by atoms with Crippen LogP contribution in [0.5, 0.6) is 5.75 Å². The van der Waals surface area contributed by atoms with E-state index < -0.39 is 11.7 Å². The molecule has 0 N–H and O–H groups in total. The number of piperidine rings is 1. The second-order valence-electron chi connectivity index (χ2n) is 9.40. The van der Waals surface area contributed by atoms with Crippen molar-refractivity contribution in [3.8, 4) is 16.9 Å². The van der Waals surface area contributed by atoms with Crippen molar-refractivity contribution in [3.63, 3.8) is 0 Å². The molecule has 6 heteroatoms. The van der Waals surface area contributed by atoms with Gasteiger partial charge in [0, 0.05) is 25.1 Å². The molecule has 1 aliphatic heterocycles. The van der Waals surface area contributed by atoms with Crippen molar-refractivity contribution in [2.45, 2.75) is 51.2 Å². The zero-order chi connectivity index (χ0) is 25.2. The standard InChI is InChI=1S/C29H30F3NO2/c1-19(2)21-9-12-27(35-3)26(16-21)25-11-10-24(29(30,31)32)15-23(25)18-33-14-13-22(17-28(33)34)20-7-5-4-6-8-20/h4-12,15-16,19,22H,13-14,17-18H2,1-3H3. The molecule has 3 aromatic carbocycles. The van der Waals surface area contributed by atoms with Gasteiger partial charge < -0.3 is 9.64 Å². The van der Waals surface area contributed by atoms with E-state index in [9.17, 15) is 18.0 Å². The molecule has 1 unspecified atom stereocenters. The number of halogens is 3. The third-order valence-electron chi connectivity index (χ3n) is 6.77. The first-order valence-electron chi connectivity index (χ1n) is 11.9. The van der Waals surface area contributed by atoms with Crippen LogP contribution >= 0.6 is 0 Å². The Bertz CT molecular complexity index is 1190. The van der Waals surface area contributed by atoms with Crippen LogP contribution in [-0.4, -0.2) is 24.5 Å². The van der Waals surface area contributed by atoms with Crippen LogP contribution in [0.4, 0.5) is 13.2 Å². The SMILES string of the molecule is COc1ccc(C(C)C)cc1-c1ccc(C(F)(F)F)cc1CN1CCC(c2ccccc2)CC1=O. The van der Waals surface area contributed by atoms with E-state index in [1.165, 1.54) is 12.1 Å². The normalized spacial score (nSPS) is 16.6. The molecule has 0 aliphatic carbocycles. The van der Waals surface area contributed by atoms with Crippen LogP contribution in [-0.2, 0) is 17.5 Å². The summed E-state index contributed by atoms with van der Waals surface area (Å²) in [5.74, 6) is 0.917. The van der Waals surface area contributed by atoms with Gasteiger partial charge in [-0.25, -0.2) is 0 Å². The summed E-state index contributed by atoms with van der Waals surface area (Å²) in [5, 5.41) is 0. The molecule has 1 saturated heterocycles. The third-order valence-corrected chi connectivity index (χ3v) is 6.77. The highest BCUT2D eigenvalue weighted by atomic mass is 19.4. The minimum absolute atomic E-state index is 0.0450. The van der Waals surface area contributed by atoms with E-state index in [0.717, 1.165) is 29.2 Å². The summed E-state index contributed by atoms with van der Waals surface area (Å²) >= 11 is 0. The van der Waals surface area contributed by atoms with Crippen LogP contribution in [0.1, 0.15) is 60.8 Å². The minimum atomic E-state index is -4.47. The van der Waals surface area contributed by atoms with Crippen molar-refractivity contribution in [2.24, 2.45) is 0 Å². The monoisotopic (exact) mass is 481 g/mol. The van der Waals surface area contributed by atoms with Crippen LogP contribution in [0, 0.1) is 0 Å². The predicted octanol–water partition coefficient (Wildman–Crippen LogP) is 7.41. The number of nitrogens with zero attached hydrogens (tertiary/aromatic N) is 1. The summed E-state index contributed by atoms with van der Waals surface area (Å²) in [6, 6.07) is 19.5. The van der Waals surface area contributed by atoms with Crippen molar-refractivity contribution in [1.29, 1.82) is 0 Å². The Morgan fingerprint density at radius 2 is 1.74 bits per heavy atom. The molecule has 3 aromatic rings. The van der Waals surface area contributed by atoms with Gasteiger partial charge >= 0.3 is 6.18 Å². The van der Waals surface area contributed by atoms with Crippen LogP contribution in [0.25, 0.3) is 11.1 Å². The number of hydrogen-bond acceptors (Lipinski definition) is 2. The first-order chi connectivity index (χ1) is 16.7. The lowest BCUT2D eigenvalue weighted by Gasteiger charge is -2.33. The fourth-order valence-corrected chi connectivity index (χ4v) is 4.72. The summed E-state index contributed by atoms with van der Waals surface area (Å²) in [7, 11) is 1.55. The number of hydrogen-bond donors (Lipinski definition) is 0. The van der Waals surface area contributed by atoms with Crippen LogP contribution in [0.2, 0.25) is 0 Å². The number of benzene rings is 3. The Hall–Kier alpha value is -3.28. The maximum Gasteiger partial charge on any atom is 0.416 e. The van der Waals surface area contributed by atoms with Gasteiger partial charge in [-0.3, -0.25) is 4.79 Å². The number of amides is 1. The zero-order valence-electron chi connectivity index (χ0n) is 20.2. The van der Waals surface area contributed by atoms with Crippen LogP contribution in [0.15, 0.2) is 66.7 Å². The molecule has 1 amide bonds. The van der Waals surface area contributed by atoms with Gasteiger partial charge in [-0.05, 0) is 64.8 Å². The molecular formula is C29H30F3NO2. The molecule has 3 nitrogen and oxygen atoms in total. The molecule has 0 aromatic heterocycles. The molecule has 1 aliphatic rings. The largest absolute Gasteiger partial charge is 0.496 e. The van der Waals surface area contributed by atoms with Gasteiger partial charge in [-0.1, -0.05) is 56.3 Å². The Balaban J connectivity index is 1.69. The van der Waals surface area contributed by atoms with E-state index in [4.69, 9.17) is 4.74 Å². The summed E-state index contributed by atoms with van der Waals surface area (Å²) < 4.78 is 46.4. The summed E-state index contributed by atoms with van der Waals surface area (Å²) in [4.78, 5) is 14.7. The second-order valence-corrected chi connectivity index (χ2v) is 9.40. The quantitative estimate of drug-likeness (QED) is 0.367. The van der Waals surface area contributed by atoms with E-state index in [-0.39, 0.29) is 24.3 Å². The molecule has 4 rings (SSSR count). The molecular weight excluding hydrogens is 451 g/mol. The first kappa shape index (κ1) is 24.8. The molecule has 35 heavy (non-hydrogen) atoms. The molecule has 0 spiro atoms. The van der Waals surface area contributed by atoms with Gasteiger partial charge in [0.15, 0.2) is 0 Å². The topological polar surface area (TPSA) is 29.5 Å². The third kappa shape index (κ3) is 5.53. The summed E-state index contributed by atoms with van der Waals surface area (Å²) in [5.41, 5.74) is 3.30. The predicted molar refractivity (Wildman–Crippen MR) is 131 cm³/mol. The lowest BCUT2D eigenvalue weighted by Crippen LogP contribution is -2.37. The zero-order valence-corrected chi connectivity index (χ0v) is 20.2. The average Bonchev–Trinajstić information content (AvgIpc) is 2.84. The van der Waals surface area contributed by atoms with Gasteiger partial charge in [0.25, 0.3) is 0 Å². The molecule has 0 saturated carbocycles. The fraction of sp³-hybridized carbons (Fsp3) is 0.345. The fourth-order valence-electron chi connectivity index (χ4n) is 4.72. The molecule has 184 valence electrons. The Kier molecular flexibility index (Phi) is 7.20. The highest BCUT2D eigenvalue weighted by Gasteiger charge is 2.33. The smallest absolute Gasteiger partial charge is 0.416 e. The van der Waals surface area contributed by atoms with E-state index >= 15 is 0 Å². The van der Waals surface area contributed by atoms with Crippen LogP contribution < -0.4 is 4.74 Å². The van der Waals surface area contributed by atoms with Gasteiger partial charge in [-0.2, -0.15) is 13.2 Å². The Labute approximate surface area is 204 Å². The lowest BCUT2D eigenvalue weighted by molar-refractivity contribution is -0.137. The average molecular weight is 482 g/mol. The van der Waals surface area contributed by atoms with Crippen molar-refractivity contribution in [2.75, 3.05) is 13.7 Å². The first-order valence-corrected chi connectivity index (χ1v) is 11.9. The maximum atomic E-state index is 13.6. The molecule has 1 fully saturated rings. The molecule has 0 radical (unpaired) electrons. The van der Waals surface area contributed by atoms with Gasteiger partial charge in [0.1, 0.15) is 5.75 Å². The van der Waals surface area contributed by atoms with Gasteiger partial charge in [0.2, 0.25) is 5.91 Å². The molecule has 1 atom stereocenters. The number of carbonyl (C=O) groups excluding carboxylic acids is 1. The Morgan fingerprint density at radius 3 is 2.37 bits per heavy atom. The summed E-state index contributed by atoms with van der Waals surface area (Å²) in [6.45, 7) is 4.75.